The summed E-state index contributed by atoms with van der Waals surface area (Å²) in [6.07, 6.45) is 3.29. The molecule has 6 rings (SSSR count). The number of carbonyl (C=O) groups excluding carboxylic acids is 1. The van der Waals surface area contributed by atoms with Gasteiger partial charge in [-0.25, -0.2) is 4.68 Å². The normalized spacial score (nSPS) is 14.6. The van der Waals surface area contributed by atoms with Crippen LogP contribution >= 0.6 is 0 Å². The molecule has 2 aromatic heterocycles. The lowest BCUT2D eigenvalue weighted by molar-refractivity contribution is -0.113. The van der Waals surface area contributed by atoms with Crippen molar-refractivity contribution in [3.63, 3.8) is 0 Å². The van der Waals surface area contributed by atoms with E-state index in [9.17, 15) is 4.79 Å². The van der Waals surface area contributed by atoms with Gasteiger partial charge in [-0.3, -0.25) is 9.78 Å². The highest BCUT2D eigenvalue weighted by molar-refractivity contribution is 6.06. The van der Waals surface area contributed by atoms with Crippen molar-refractivity contribution in [2.45, 2.75) is 19.9 Å². The van der Waals surface area contributed by atoms with Crippen molar-refractivity contribution in [2.75, 3.05) is 17.2 Å². The molecule has 0 saturated carbocycles. The fraction of sp³-hybridized carbons (Fsp3) is 0.133. The number of nitrogens with one attached hydrogen (secondary N) is 2. The first-order valence-corrected chi connectivity index (χ1v) is 12.5. The Morgan fingerprint density at radius 1 is 1.03 bits per heavy atom. The van der Waals surface area contributed by atoms with E-state index in [-0.39, 0.29) is 5.91 Å². The molecule has 2 N–H and O–H groups in total. The molecule has 1 aliphatic rings. The van der Waals surface area contributed by atoms with Gasteiger partial charge in [0, 0.05) is 17.5 Å². The van der Waals surface area contributed by atoms with E-state index in [0.29, 0.717) is 35.3 Å². The lowest BCUT2D eigenvalue weighted by Crippen LogP contribution is -2.31. The van der Waals surface area contributed by atoms with Crippen molar-refractivity contribution in [3.8, 4) is 17.1 Å². The summed E-state index contributed by atoms with van der Waals surface area (Å²) in [5, 5.41) is 13.4. The van der Waals surface area contributed by atoms with Crippen LogP contribution in [0.3, 0.4) is 0 Å². The van der Waals surface area contributed by atoms with Crippen molar-refractivity contribution < 1.29 is 9.53 Å². The number of hydrogen-bond donors (Lipinski definition) is 2. The Morgan fingerprint density at radius 3 is 2.63 bits per heavy atom. The molecular weight excluding hydrogens is 476 g/mol. The minimum absolute atomic E-state index is 0.241. The number of carbonyl (C=O) groups is 1. The van der Waals surface area contributed by atoms with E-state index in [0.717, 1.165) is 27.6 Å². The second-order valence-corrected chi connectivity index (χ2v) is 8.99. The lowest BCUT2D eigenvalue weighted by Gasteiger charge is -2.28. The topological polar surface area (TPSA) is 94.0 Å². The molecule has 38 heavy (non-hydrogen) atoms. The molecule has 0 spiro atoms. The van der Waals surface area contributed by atoms with Crippen LogP contribution in [0.4, 0.5) is 11.6 Å². The van der Waals surface area contributed by atoms with Crippen molar-refractivity contribution in [1.29, 1.82) is 0 Å². The van der Waals surface area contributed by atoms with Crippen LogP contribution in [-0.4, -0.2) is 32.3 Å². The number of fused-ring (bicyclic) bond motifs is 2. The first-order valence-electron chi connectivity index (χ1n) is 12.5. The zero-order valence-electron chi connectivity index (χ0n) is 21.1. The molecule has 8 nitrogen and oxygen atoms in total. The Kier molecular flexibility index (Phi) is 6.05. The number of allylic oxidation sites excluding steroid dienone is 1. The minimum atomic E-state index is -0.505. The smallest absolute Gasteiger partial charge is 0.255 e. The third kappa shape index (κ3) is 4.26. The van der Waals surface area contributed by atoms with Crippen LogP contribution in [0.15, 0.2) is 103 Å². The second kappa shape index (κ2) is 9.82. The molecule has 1 atom stereocenters. The molecule has 3 aromatic carbocycles. The van der Waals surface area contributed by atoms with Crippen LogP contribution in [0.25, 0.3) is 22.2 Å². The van der Waals surface area contributed by atoms with Gasteiger partial charge < -0.3 is 15.4 Å². The number of anilines is 2. The average molecular weight is 503 g/mol. The van der Waals surface area contributed by atoms with Gasteiger partial charge in [0.05, 0.1) is 24.1 Å². The zero-order chi connectivity index (χ0) is 26.1. The minimum Gasteiger partial charge on any atom is -0.494 e. The summed E-state index contributed by atoms with van der Waals surface area (Å²) >= 11 is 0. The van der Waals surface area contributed by atoms with Gasteiger partial charge in [0.25, 0.3) is 5.91 Å². The van der Waals surface area contributed by atoms with Crippen LogP contribution in [0.5, 0.6) is 5.75 Å². The molecule has 0 radical (unpaired) electrons. The summed E-state index contributed by atoms with van der Waals surface area (Å²) in [5.74, 6) is 1.68. The van der Waals surface area contributed by atoms with Crippen LogP contribution in [0, 0.1) is 0 Å². The summed E-state index contributed by atoms with van der Waals surface area (Å²) in [7, 11) is 0. The van der Waals surface area contributed by atoms with E-state index in [2.05, 4.69) is 33.8 Å². The third-order valence-corrected chi connectivity index (χ3v) is 6.55. The molecule has 0 fully saturated rings. The first kappa shape index (κ1) is 23.4. The summed E-state index contributed by atoms with van der Waals surface area (Å²) in [5.41, 5.74) is 3.68. The molecule has 8 heteroatoms. The number of aromatic nitrogens is 4. The van der Waals surface area contributed by atoms with E-state index in [1.165, 1.54) is 0 Å². The summed E-state index contributed by atoms with van der Waals surface area (Å²) in [6.45, 7) is 4.41. The third-order valence-electron chi connectivity index (χ3n) is 6.55. The van der Waals surface area contributed by atoms with E-state index in [1.54, 1.807) is 23.1 Å². The number of benzene rings is 3. The Labute approximate surface area is 220 Å². The quantitative estimate of drug-likeness (QED) is 0.304. The van der Waals surface area contributed by atoms with Crippen LogP contribution in [0.1, 0.15) is 25.5 Å². The van der Waals surface area contributed by atoms with Crippen molar-refractivity contribution in [2.24, 2.45) is 0 Å². The summed E-state index contributed by atoms with van der Waals surface area (Å²) in [6, 6.07) is 25.1. The van der Waals surface area contributed by atoms with E-state index >= 15 is 0 Å². The van der Waals surface area contributed by atoms with Gasteiger partial charge in [0.15, 0.2) is 5.82 Å². The van der Waals surface area contributed by atoms with Crippen LogP contribution in [0.2, 0.25) is 0 Å². The maximum Gasteiger partial charge on any atom is 0.255 e. The molecule has 188 valence electrons. The zero-order valence-corrected chi connectivity index (χ0v) is 21.1. The van der Waals surface area contributed by atoms with Gasteiger partial charge in [-0.2, -0.15) is 4.98 Å². The van der Waals surface area contributed by atoms with E-state index < -0.39 is 6.04 Å². The highest BCUT2D eigenvalue weighted by Gasteiger charge is 2.34. The molecule has 1 unspecified atom stereocenters. The van der Waals surface area contributed by atoms with Crippen molar-refractivity contribution >= 4 is 28.3 Å². The van der Waals surface area contributed by atoms with Gasteiger partial charge in [-0.05, 0) is 54.4 Å². The molecule has 3 heterocycles. The predicted molar refractivity (Wildman–Crippen MR) is 148 cm³/mol. The maximum absolute atomic E-state index is 13.7. The van der Waals surface area contributed by atoms with E-state index in [1.807, 2.05) is 68.4 Å². The van der Waals surface area contributed by atoms with Crippen LogP contribution in [-0.2, 0) is 4.79 Å². The number of amides is 1. The number of hydrogen-bond acceptors (Lipinski definition) is 6. The van der Waals surface area contributed by atoms with Gasteiger partial charge in [0.1, 0.15) is 11.8 Å². The largest absolute Gasteiger partial charge is 0.494 e. The Morgan fingerprint density at radius 2 is 1.84 bits per heavy atom. The lowest BCUT2D eigenvalue weighted by atomic mass is 9.95. The molecule has 0 aliphatic carbocycles. The van der Waals surface area contributed by atoms with E-state index in [4.69, 9.17) is 14.8 Å². The molecule has 5 aromatic rings. The number of ether oxygens (including phenoxy) is 1. The number of nitrogens with zero attached hydrogens (tertiary/aromatic N) is 4. The monoisotopic (exact) mass is 502 g/mol. The Balaban J connectivity index is 1.47. The first-order chi connectivity index (χ1) is 18.6. The van der Waals surface area contributed by atoms with Gasteiger partial charge in [-0.1, -0.05) is 54.6 Å². The fourth-order valence-electron chi connectivity index (χ4n) is 4.84. The van der Waals surface area contributed by atoms with Gasteiger partial charge in [0.2, 0.25) is 5.95 Å². The SMILES string of the molecule is CCOc1ccc(C2C(C(=O)Nc3cccnc3)=C(C)Nc3nc(-c4cccc5ccccc45)nn32)cc1. The maximum atomic E-state index is 13.7. The highest BCUT2D eigenvalue weighted by Crippen LogP contribution is 2.38. The average Bonchev–Trinajstić information content (AvgIpc) is 3.36. The van der Waals surface area contributed by atoms with Crippen molar-refractivity contribution in [3.05, 3.63) is 108 Å². The second-order valence-electron chi connectivity index (χ2n) is 8.99. The Bertz CT molecular complexity index is 1650. The summed E-state index contributed by atoms with van der Waals surface area (Å²) < 4.78 is 7.44. The Hall–Kier alpha value is -4.98. The summed E-state index contributed by atoms with van der Waals surface area (Å²) in [4.78, 5) is 22.6. The molecule has 0 saturated heterocycles. The standard InChI is InChI=1S/C30H26N6O2/c1-3-38-23-15-13-21(14-16-23)27-26(29(37)33-22-10-7-17-31-18-22)19(2)32-30-34-28(35-36(27)30)25-12-6-9-20-8-4-5-11-24(20)25/h4-18,27H,3H2,1-2H3,(H,33,37)(H,32,34,35). The highest BCUT2D eigenvalue weighted by atomic mass is 16.5. The molecular formula is C30H26N6O2. The molecule has 1 aliphatic heterocycles. The number of rotatable bonds is 6. The van der Waals surface area contributed by atoms with Gasteiger partial charge >= 0.3 is 0 Å². The van der Waals surface area contributed by atoms with Crippen molar-refractivity contribution in [1.82, 2.24) is 19.7 Å². The fourth-order valence-corrected chi connectivity index (χ4v) is 4.84. The van der Waals surface area contributed by atoms with Crippen LogP contribution < -0.4 is 15.4 Å². The number of pyridine rings is 1. The predicted octanol–water partition coefficient (Wildman–Crippen LogP) is 5.82. The molecule has 0 bridgehead atoms. The van der Waals surface area contributed by atoms with Gasteiger partial charge in [-0.15, -0.1) is 5.10 Å². The molecule has 1 amide bonds.